The summed E-state index contributed by atoms with van der Waals surface area (Å²) in [5.74, 6) is 1.03. The van der Waals surface area contributed by atoms with Crippen LogP contribution < -0.4 is 0 Å². The van der Waals surface area contributed by atoms with Gasteiger partial charge in [0.2, 0.25) is 0 Å². The maximum absolute atomic E-state index is 6.90. The first-order chi connectivity index (χ1) is 33.1. The largest absolute Gasteiger partial charge is 0.368 e. The van der Waals surface area contributed by atoms with Gasteiger partial charge in [0.25, 0.3) is 0 Å². The van der Waals surface area contributed by atoms with Gasteiger partial charge in [-0.15, -0.1) is 0 Å². The molecule has 0 bridgehead atoms. The van der Waals surface area contributed by atoms with Crippen molar-refractivity contribution in [2.45, 2.75) is 101 Å². The van der Waals surface area contributed by atoms with Gasteiger partial charge in [-0.1, -0.05) is 182 Å². The first kappa shape index (κ1) is 48.7. The molecule has 10 nitrogen and oxygen atoms in total. The average molecular weight is 927 g/mol. The zero-order valence-corrected chi connectivity index (χ0v) is 39.1. The second-order valence-corrected chi connectivity index (χ2v) is 17.7. The Bertz CT molecular complexity index is 2090. The molecule has 67 heavy (non-hydrogen) atoms. The van der Waals surface area contributed by atoms with E-state index in [0.717, 1.165) is 33.4 Å². The van der Waals surface area contributed by atoms with Gasteiger partial charge in [-0.3, -0.25) is 0 Å². The molecule has 0 saturated carbocycles. The van der Waals surface area contributed by atoms with E-state index in [1.807, 2.05) is 133 Å². The van der Waals surface area contributed by atoms with Crippen LogP contribution in [0.5, 0.6) is 0 Å². The van der Waals surface area contributed by atoms with E-state index in [9.17, 15) is 0 Å². The molecular formula is C56H62O10S. The Morgan fingerprint density at radius 2 is 0.537 bits per heavy atom. The molecule has 2 fully saturated rings. The summed E-state index contributed by atoms with van der Waals surface area (Å²) >= 11 is 1.68. The van der Waals surface area contributed by atoms with Crippen molar-refractivity contribution in [2.75, 3.05) is 25.7 Å². The van der Waals surface area contributed by atoms with E-state index in [1.54, 1.807) is 26.0 Å². The minimum Gasteiger partial charge on any atom is -0.368 e. The lowest BCUT2D eigenvalue weighted by Crippen LogP contribution is -2.62. The number of hydrogen-bond acceptors (Lipinski definition) is 11. The van der Waals surface area contributed by atoms with Crippen molar-refractivity contribution in [2.24, 2.45) is 0 Å². The number of thioether (sulfide) groups is 1. The predicted molar refractivity (Wildman–Crippen MR) is 259 cm³/mol. The number of methoxy groups -OCH3 is 2. The summed E-state index contributed by atoms with van der Waals surface area (Å²) in [4.78, 5) is 0. The quantitative estimate of drug-likeness (QED) is 0.0581. The van der Waals surface area contributed by atoms with Gasteiger partial charge in [0.15, 0.2) is 12.6 Å². The van der Waals surface area contributed by atoms with Crippen LogP contribution in [-0.2, 0) is 87.0 Å². The standard InChI is InChI=1S/C56H62O10S/c1-57-55-53(63-37-45-29-17-7-18-30-45)51(61-35-43-25-13-5-14-26-43)49(59-33-41-21-9-3-10-22-41)47(65-55)39-67-40-48-50(60-34-42-23-11-4-12-24-42)52(62-36-44-27-15-6-16-28-44)54(56(58-2)66-48)64-38-46-31-19-8-20-32-46/h3-32,47-56H,33-40H2,1-2H3/t47?,48?,49-,50?,51?,52+,53?,54?,55+,56?/m1/s1. The van der Waals surface area contributed by atoms with E-state index in [-0.39, 0.29) is 0 Å². The highest BCUT2D eigenvalue weighted by molar-refractivity contribution is 7.99. The zero-order chi connectivity index (χ0) is 45.9. The van der Waals surface area contributed by atoms with Gasteiger partial charge < -0.3 is 47.4 Å². The fraction of sp³-hybridized carbons (Fsp3) is 0.357. The van der Waals surface area contributed by atoms with Gasteiger partial charge >= 0.3 is 0 Å². The molecule has 2 heterocycles. The van der Waals surface area contributed by atoms with Gasteiger partial charge in [0, 0.05) is 25.7 Å². The lowest BCUT2D eigenvalue weighted by molar-refractivity contribution is -0.314. The average Bonchev–Trinajstić information content (AvgIpc) is 3.39. The minimum atomic E-state index is -0.740. The summed E-state index contributed by atoms with van der Waals surface area (Å²) in [7, 11) is 3.29. The lowest BCUT2D eigenvalue weighted by Gasteiger charge is -2.46. The molecule has 10 atom stereocenters. The predicted octanol–water partition coefficient (Wildman–Crippen LogP) is 9.97. The van der Waals surface area contributed by atoms with Gasteiger partial charge in [-0.05, 0) is 33.4 Å². The molecule has 6 aromatic carbocycles. The van der Waals surface area contributed by atoms with Crippen LogP contribution in [0.3, 0.4) is 0 Å². The molecular weight excluding hydrogens is 865 g/mol. The van der Waals surface area contributed by atoms with E-state index in [0.29, 0.717) is 51.1 Å². The topological polar surface area (TPSA) is 92.3 Å². The SMILES string of the molecule is COC1OC(CSCC2O[C@H](OC)C(OCc3ccccc3)C(OCc3ccccc3)[C@@H]2OCc2ccccc2)C(OCc2ccccc2)[C@H](OCc2ccccc2)C1OCc1ccccc1. The number of hydrogen-bond donors (Lipinski definition) is 0. The maximum atomic E-state index is 6.90. The highest BCUT2D eigenvalue weighted by atomic mass is 32.2. The lowest BCUT2D eigenvalue weighted by atomic mass is 9.98. The molecule has 7 unspecified atom stereocenters. The molecule has 2 saturated heterocycles. The number of rotatable bonds is 24. The molecule has 0 aliphatic carbocycles. The molecule has 2 aliphatic heterocycles. The van der Waals surface area contributed by atoms with Gasteiger partial charge in [-0.2, -0.15) is 11.8 Å². The van der Waals surface area contributed by atoms with Crippen LogP contribution in [0, 0.1) is 0 Å². The van der Waals surface area contributed by atoms with Crippen LogP contribution >= 0.6 is 11.8 Å². The number of ether oxygens (including phenoxy) is 10. The van der Waals surface area contributed by atoms with Crippen LogP contribution in [0.4, 0.5) is 0 Å². The molecule has 2 aliphatic rings. The molecule has 6 aromatic rings. The Kier molecular flexibility index (Phi) is 19.0. The van der Waals surface area contributed by atoms with Crippen molar-refractivity contribution in [3.05, 3.63) is 215 Å². The van der Waals surface area contributed by atoms with Gasteiger partial charge in [0.05, 0.1) is 51.8 Å². The third kappa shape index (κ3) is 14.2. The van der Waals surface area contributed by atoms with Gasteiger partial charge in [0.1, 0.15) is 36.6 Å². The van der Waals surface area contributed by atoms with Crippen LogP contribution in [0.1, 0.15) is 33.4 Å². The van der Waals surface area contributed by atoms with E-state index >= 15 is 0 Å². The first-order valence-electron chi connectivity index (χ1n) is 23.0. The smallest absolute Gasteiger partial charge is 0.186 e. The van der Waals surface area contributed by atoms with E-state index in [2.05, 4.69) is 48.5 Å². The highest BCUT2D eigenvalue weighted by Gasteiger charge is 2.51. The molecule has 0 N–H and O–H groups in total. The van der Waals surface area contributed by atoms with Crippen LogP contribution in [0.25, 0.3) is 0 Å². The third-order valence-electron chi connectivity index (χ3n) is 11.9. The fourth-order valence-electron chi connectivity index (χ4n) is 8.44. The summed E-state index contributed by atoms with van der Waals surface area (Å²) in [5, 5.41) is 0. The molecule has 0 radical (unpaired) electrons. The third-order valence-corrected chi connectivity index (χ3v) is 13.1. The first-order valence-corrected chi connectivity index (χ1v) is 24.2. The normalized spacial score (nSPS) is 25.2. The molecule has 0 amide bonds. The Morgan fingerprint density at radius 3 is 0.776 bits per heavy atom. The van der Waals surface area contributed by atoms with Crippen molar-refractivity contribution in [1.29, 1.82) is 0 Å². The highest BCUT2D eigenvalue weighted by Crippen LogP contribution is 2.36. The Hall–Kier alpha value is -4.73. The van der Waals surface area contributed by atoms with E-state index in [4.69, 9.17) is 47.4 Å². The van der Waals surface area contributed by atoms with Crippen molar-refractivity contribution in [3.8, 4) is 0 Å². The molecule has 8 rings (SSSR count). The van der Waals surface area contributed by atoms with Crippen molar-refractivity contribution in [1.82, 2.24) is 0 Å². The maximum Gasteiger partial charge on any atom is 0.186 e. The fourth-order valence-corrected chi connectivity index (χ4v) is 9.58. The Morgan fingerprint density at radius 1 is 0.313 bits per heavy atom. The summed E-state index contributed by atoms with van der Waals surface area (Å²) < 4.78 is 66.9. The summed E-state index contributed by atoms with van der Waals surface area (Å²) in [6.07, 6.45) is -5.80. The van der Waals surface area contributed by atoms with Crippen LogP contribution in [0.15, 0.2) is 182 Å². The monoisotopic (exact) mass is 926 g/mol. The van der Waals surface area contributed by atoms with Gasteiger partial charge in [-0.25, -0.2) is 0 Å². The Balaban J connectivity index is 1.06. The molecule has 352 valence electrons. The molecule has 0 aromatic heterocycles. The van der Waals surface area contributed by atoms with Crippen LogP contribution in [0.2, 0.25) is 0 Å². The van der Waals surface area contributed by atoms with Crippen molar-refractivity contribution >= 4 is 11.8 Å². The zero-order valence-electron chi connectivity index (χ0n) is 38.2. The van der Waals surface area contributed by atoms with Crippen molar-refractivity contribution in [3.63, 3.8) is 0 Å². The summed E-state index contributed by atoms with van der Waals surface area (Å²) in [6.45, 7) is 2.10. The second-order valence-electron chi connectivity index (χ2n) is 16.7. The van der Waals surface area contributed by atoms with E-state index in [1.165, 1.54) is 0 Å². The molecule has 11 heteroatoms. The van der Waals surface area contributed by atoms with E-state index < -0.39 is 61.4 Å². The molecule has 0 spiro atoms. The van der Waals surface area contributed by atoms with Crippen LogP contribution in [-0.4, -0.2) is 87.1 Å². The minimum absolute atomic E-state index is 0.346. The Labute approximate surface area is 399 Å². The number of benzene rings is 6. The second kappa shape index (κ2) is 26.1. The van der Waals surface area contributed by atoms with Crippen molar-refractivity contribution < 1.29 is 47.4 Å². The summed E-state index contributed by atoms with van der Waals surface area (Å²) in [6, 6.07) is 60.8. The summed E-state index contributed by atoms with van der Waals surface area (Å²) in [5.41, 5.74) is 6.21.